The van der Waals surface area contributed by atoms with Crippen molar-refractivity contribution >= 4 is 28.8 Å². The molecule has 0 unspecified atom stereocenters. The molecule has 0 radical (unpaired) electrons. The van der Waals surface area contributed by atoms with Crippen LogP contribution in [0.15, 0.2) is 48.8 Å². The van der Waals surface area contributed by atoms with E-state index in [1.165, 1.54) is 0 Å². The molecule has 7 nitrogen and oxygen atoms in total. The molecule has 0 fully saturated rings. The number of carbonyl (C=O) groups is 3. The zero-order chi connectivity index (χ0) is 18.1. The number of fused-ring (bicyclic) bond motifs is 2. The number of hydrogen-bond donors (Lipinski definition) is 2. The largest absolute Gasteiger partial charge is 0.354 e. The van der Waals surface area contributed by atoms with E-state index in [-0.39, 0.29) is 12.5 Å². The molecule has 26 heavy (non-hydrogen) atoms. The van der Waals surface area contributed by atoms with Gasteiger partial charge in [-0.1, -0.05) is 18.2 Å². The van der Waals surface area contributed by atoms with Gasteiger partial charge in [0.2, 0.25) is 5.91 Å². The number of aromatic amines is 1. The normalized spacial score (nSPS) is 13.3. The quantitative estimate of drug-likeness (QED) is 0.684. The van der Waals surface area contributed by atoms with Crippen molar-refractivity contribution in [3.63, 3.8) is 0 Å². The van der Waals surface area contributed by atoms with Crippen molar-refractivity contribution in [1.29, 1.82) is 0 Å². The van der Waals surface area contributed by atoms with Gasteiger partial charge in [0.1, 0.15) is 6.54 Å². The lowest BCUT2D eigenvalue weighted by Gasteiger charge is -2.13. The van der Waals surface area contributed by atoms with Crippen LogP contribution in [0.2, 0.25) is 0 Å². The lowest BCUT2D eigenvalue weighted by Crippen LogP contribution is -2.40. The third kappa shape index (κ3) is 2.83. The second kappa shape index (κ2) is 6.44. The number of rotatable bonds is 5. The van der Waals surface area contributed by atoms with Crippen LogP contribution in [0.5, 0.6) is 0 Å². The van der Waals surface area contributed by atoms with Crippen molar-refractivity contribution in [3.05, 3.63) is 65.5 Å². The second-order valence-corrected chi connectivity index (χ2v) is 6.10. The Morgan fingerprint density at radius 2 is 1.81 bits per heavy atom. The second-order valence-electron chi connectivity index (χ2n) is 6.10. The van der Waals surface area contributed by atoms with Crippen LogP contribution in [0.3, 0.4) is 0 Å². The lowest BCUT2D eigenvalue weighted by molar-refractivity contribution is -0.121. The molecule has 3 amide bonds. The Balaban J connectivity index is 1.33. The van der Waals surface area contributed by atoms with Crippen molar-refractivity contribution in [2.75, 3.05) is 13.1 Å². The van der Waals surface area contributed by atoms with Crippen molar-refractivity contribution < 1.29 is 14.4 Å². The maximum absolute atomic E-state index is 12.3. The van der Waals surface area contributed by atoms with Crippen LogP contribution in [-0.4, -0.2) is 45.7 Å². The van der Waals surface area contributed by atoms with Gasteiger partial charge in [-0.2, -0.15) is 0 Å². The molecule has 1 aromatic heterocycles. The maximum Gasteiger partial charge on any atom is 0.262 e. The monoisotopic (exact) mass is 348 g/mol. The number of benzene rings is 2. The number of imide groups is 1. The first-order valence-corrected chi connectivity index (χ1v) is 8.27. The number of nitrogens with one attached hydrogen (secondary N) is 2. The highest BCUT2D eigenvalue weighted by Crippen LogP contribution is 2.21. The summed E-state index contributed by atoms with van der Waals surface area (Å²) in [6, 6.07) is 12.5. The Bertz CT molecular complexity index is 989. The molecule has 1 aliphatic heterocycles. The standard InChI is InChI=1S/C19H16N4O3/c24-17(10-23-18(25)13-3-1-2-4-14(13)19(23)26)20-8-7-12-5-6-15-16(9-12)22-11-21-15/h1-6,9,11H,7-8,10H2,(H,20,24)(H,21,22). The zero-order valence-corrected chi connectivity index (χ0v) is 13.9. The van der Waals surface area contributed by atoms with Crippen molar-refractivity contribution in [2.24, 2.45) is 0 Å². The van der Waals surface area contributed by atoms with Crippen LogP contribution in [0, 0.1) is 0 Å². The predicted molar refractivity (Wildman–Crippen MR) is 94.6 cm³/mol. The van der Waals surface area contributed by atoms with Crippen LogP contribution in [0.1, 0.15) is 26.3 Å². The molecule has 0 spiro atoms. The van der Waals surface area contributed by atoms with Gasteiger partial charge in [-0.25, -0.2) is 4.98 Å². The summed E-state index contributed by atoms with van der Waals surface area (Å²) in [5, 5.41) is 2.76. The minimum Gasteiger partial charge on any atom is -0.354 e. The van der Waals surface area contributed by atoms with Gasteiger partial charge in [0, 0.05) is 6.54 Å². The van der Waals surface area contributed by atoms with Crippen LogP contribution in [0.25, 0.3) is 11.0 Å². The topological polar surface area (TPSA) is 95.2 Å². The highest BCUT2D eigenvalue weighted by atomic mass is 16.2. The fraction of sp³-hybridized carbons (Fsp3) is 0.158. The molecule has 2 aromatic carbocycles. The van der Waals surface area contributed by atoms with Gasteiger partial charge >= 0.3 is 0 Å². The summed E-state index contributed by atoms with van der Waals surface area (Å²) in [4.78, 5) is 44.8. The average Bonchev–Trinajstić information content (AvgIpc) is 3.21. The van der Waals surface area contributed by atoms with E-state index < -0.39 is 11.8 Å². The third-order valence-electron chi connectivity index (χ3n) is 4.40. The summed E-state index contributed by atoms with van der Waals surface area (Å²) in [6.07, 6.45) is 2.28. The number of imidazole rings is 1. The Hall–Kier alpha value is -3.48. The predicted octanol–water partition coefficient (Wildman–Crippen LogP) is 1.52. The summed E-state index contributed by atoms with van der Waals surface area (Å²) in [5.41, 5.74) is 3.59. The Morgan fingerprint density at radius 1 is 1.08 bits per heavy atom. The fourth-order valence-corrected chi connectivity index (χ4v) is 3.07. The van der Waals surface area contributed by atoms with Crippen LogP contribution in [0.4, 0.5) is 0 Å². The van der Waals surface area contributed by atoms with Crippen LogP contribution in [-0.2, 0) is 11.2 Å². The highest BCUT2D eigenvalue weighted by molar-refractivity contribution is 6.22. The smallest absolute Gasteiger partial charge is 0.262 e. The van der Waals surface area contributed by atoms with E-state index in [0.29, 0.717) is 24.1 Å². The third-order valence-corrected chi connectivity index (χ3v) is 4.40. The average molecular weight is 348 g/mol. The number of amides is 3. The first-order valence-electron chi connectivity index (χ1n) is 8.27. The molecule has 0 bridgehead atoms. The summed E-state index contributed by atoms with van der Waals surface area (Å²) >= 11 is 0. The van der Waals surface area contributed by atoms with E-state index in [2.05, 4.69) is 15.3 Å². The minimum absolute atomic E-state index is 0.272. The number of hydrogen-bond acceptors (Lipinski definition) is 4. The molecule has 0 atom stereocenters. The van der Waals surface area contributed by atoms with Gasteiger partial charge in [-0.3, -0.25) is 19.3 Å². The number of carbonyl (C=O) groups excluding carboxylic acids is 3. The molecule has 1 aliphatic rings. The Morgan fingerprint density at radius 3 is 2.54 bits per heavy atom. The molecule has 3 aromatic rings. The lowest BCUT2D eigenvalue weighted by atomic mass is 10.1. The van der Waals surface area contributed by atoms with Gasteiger partial charge in [-0.05, 0) is 36.2 Å². The highest BCUT2D eigenvalue weighted by Gasteiger charge is 2.36. The molecule has 0 saturated heterocycles. The van der Waals surface area contributed by atoms with Crippen molar-refractivity contribution in [1.82, 2.24) is 20.2 Å². The molecule has 0 aliphatic carbocycles. The first kappa shape index (κ1) is 16.0. The van der Waals surface area contributed by atoms with E-state index in [1.807, 2.05) is 18.2 Å². The van der Waals surface area contributed by atoms with E-state index in [0.717, 1.165) is 21.5 Å². The Kier molecular flexibility index (Phi) is 3.96. The first-order chi connectivity index (χ1) is 12.6. The molecular formula is C19H16N4O3. The minimum atomic E-state index is -0.426. The van der Waals surface area contributed by atoms with E-state index in [1.54, 1.807) is 30.6 Å². The van der Waals surface area contributed by atoms with E-state index in [9.17, 15) is 14.4 Å². The molecule has 4 rings (SSSR count). The summed E-state index contributed by atoms with van der Waals surface area (Å²) < 4.78 is 0. The van der Waals surface area contributed by atoms with Gasteiger partial charge in [0.25, 0.3) is 11.8 Å². The maximum atomic E-state index is 12.3. The molecule has 2 N–H and O–H groups in total. The molecular weight excluding hydrogens is 332 g/mol. The van der Waals surface area contributed by atoms with Crippen LogP contribution >= 0.6 is 0 Å². The molecule has 2 heterocycles. The molecule has 0 saturated carbocycles. The van der Waals surface area contributed by atoms with Gasteiger partial charge in [0.15, 0.2) is 0 Å². The molecule has 7 heteroatoms. The van der Waals surface area contributed by atoms with Gasteiger partial charge in [0.05, 0.1) is 28.5 Å². The van der Waals surface area contributed by atoms with Crippen LogP contribution < -0.4 is 5.32 Å². The van der Waals surface area contributed by atoms with Gasteiger partial charge < -0.3 is 10.3 Å². The summed E-state index contributed by atoms with van der Waals surface area (Å²) in [5.74, 6) is -1.21. The summed E-state index contributed by atoms with van der Waals surface area (Å²) in [6.45, 7) is 0.146. The number of aromatic nitrogens is 2. The Labute approximate surface area is 149 Å². The van der Waals surface area contributed by atoms with Crippen molar-refractivity contribution in [2.45, 2.75) is 6.42 Å². The number of H-pyrrole nitrogens is 1. The number of nitrogens with zero attached hydrogens (tertiary/aromatic N) is 2. The fourth-order valence-electron chi connectivity index (χ4n) is 3.07. The van der Waals surface area contributed by atoms with E-state index >= 15 is 0 Å². The van der Waals surface area contributed by atoms with Gasteiger partial charge in [-0.15, -0.1) is 0 Å². The van der Waals surface area contributed by atoms with E-state index in [4.69, 9.17) is 0 Å². The molecule has 130 valence electrons. The SMILES string of the molecule is O=C(CN1C(=O)c2ccccc2C1=O)NCCc1ccc2nc[nH]c2c1. The van der Waals surface area contributed by atoms with Crippen molar-refractivity contribution in [3.8, 4) is 0 Å². The zero-order valence-electron chi connectivity index (χ0n) is 13.9. The summed E-state index contributed by atoms with van der Waals surface area (Å²) in [7, 11) is 0.